The molecule has 1 heteroatoms. The lowest BCUT2D eigenvalue weighted by Gasteiger charge is -2.35. The zero-order valence-electron chi connectivity index (χ0n) is 18.1. The summed E-state index contributed by atoms with van der Waals surface area (Å²) in [5, 5.41) is 0. The van der Waals surface area contributed by atoms with Gasteiger partial charge in [-0.1, -0.05) is 102 Å². The van der Waals surface area contributed by atoms with Crippen molar-refractivity contribution in [3.8, 4) is 0 Å². The van der Waals surface area contributed by atoms with E-state index in [0.717, 1.165) is 0 Å². The fourth-order valence-corrected chi connectivity index (χ4v) is 4.02. The average Bonchev–Trinajstić information content (AvgIpc) is 2.64. The largest absolute Gasteiger partial charge is 0.322 e. The summed E-state index contributed by atoms with van der Waals surface area (Å²) in [6.07, 6.45) is 18.3. The molecule has 0 aliphatic carbocycles. The molecule has 1 atom stereocenters. The van der Waals surface area contributed by atoms with Gasteiger partial charge in [-0.2, -0.15) is 0 Å². The molecule has 1 rings (SSSR count). The molecule has 1 aromatic carbocycles. The van der Waals surface area contributed by atoms with E-state index in [9.17, 15) is 0 Å². The van der Waals surface area contributed by atoms with Crippen LogP contribution >= 0.6 is 0 Å². The van der Waals surface area contributed by atoms with Crippen molar-refractivity contribution in [3.05, 3.63) is 35.9 Å². The SMILES string of the molecule is CCCCCCCCCC[N+](C)(CCCCCCC)Cc1ccccc1. The van der Waals surface area contributed by atoms with Crippen molar-refractivity contribution in [3.63, 3.8) is 0 Å². The Balaban J connectivity index is 2.34. The summed E-state index contributed by atoms with van der Waals surface area (Å²) in [6, 6.07) is 11.1. The van der Waals surface area contributed by atoms with Gasteiger partial charge < -0.3 is 4.48 Å². The van der Waals surface area contributed by atoms with Crippen molar-refractivity contribution < 1.29 is 4.48 Å². The second-order valence-corrected chi connectivity index (χ2v) is 8.60. The third kappa shape index (κ3) is 11.7. The average molecular weight is 361 g/mol. The van der Waals surface area contributed by atoms with Crippen molar-refractivity contribution in [2.75, 3.05) is 20.1 Å². The summed E-state index contributed by atoms with van der Waals surface area (Å²) in [7, 11) is 2.49. The van der Waals surface area contributed by atoms with E-state index < -0.39 is 0 Å². The molecule has 1 unspecified atom stereocenters. The number of rotatable bonds is 17. The monoisotopic (exact) mass is 360 g/mol. The number of nitrogens with zero attached hydrogens (tertiary/aromatic N) is 1. The number of benzene rings is 1. The smallest absolute Gasteiger partial charge is 0.104 e. The van der Waals surface area contributed by atoms with E-state index in [1.807, 2.05) is 0 Å². The first-order chi connectivity index (χ1) is 12.7. The van der Waals surface area contributed by atoms with Crippen molar-refractivity contribution in [2.45, 2.75) is 104 Å². The summed E-state index contributed by atoms with van der Waals surface area (Å²) >= 11 is 0. The minimum Gasteiger partial charge on any atom is -0.322 e. The van der Waals surface area contributed by atoms with Crippen LogP contribution in [0.5, 0.6) is 0 Å². The highest BCUT2D eigenvalue weighted by molar-refractivity contribution is 5.13. The molecule has 0 radical (unpaired) electrons. The maximum atomic E-state index is 2.49. The lowest BCUT2D eigenvalue weighted by Crippen LogP contribution is -2.44. The van der Waals surface area contributed by atoms with Crippen LogP contribution in [0.15, 0.2) is 30.3 Å². The highest BCUT2D eigenvalue weighted by atomic mass is 15.3. The van der Waals surface area contributed by atoms with Gasteiger partial charge in [-0.25, -0.2) is 0 Å². The molecular weight excluding hydrogens is 314 g/mol. The van der Waals surface area contributed by atoms with Gasteiger partial charge in [-0.3, -0.25) is 0 Å². The zero-order chi connectivity index (χ0) is 18.9. The molecule has 0 saturated heterocycles. The first-order valence-electron chi connectivity index (χ1n) is 11.6. The molecule has 1 aromatic rings. The Kier molecular flexibility index (Phi) is 13.6. The molecule has 0 saturated carbocycles. The Morgan fingerprint density at radius 1 is 0.577 bits per heavy atom. The maximum Gasteiger partial charge on any atom is 0.104 e. The van der Waals surface area contributed by atoms with Crippen LogP contribution in [0.3, 0.4) is 0 Å². The molecule has 0 aromatic heterocycles. The first-order valence-corrected chi connectivity index (χ1v) is 11.6. The second kappa shape index (κ2) is 15.3. The molecule has 0 amide bonds. The second-order valence-electron chi connectivity index (χ2n) is 8.60. The zero-order valence-corrected chi connectivity index (χ0v) is 18.1. The quantitative estimate of drug-likeness (QED) is 0.197. The van der Waals surface area contributed by atoms with Crippen LogP contribution in [-0.2, 0) is 6.54 Å². The van der Waals surface area contributed by atoms with Crippen molar-refractivity contribution in [1.29, 1.82) is 0 Å². The summed E-state index contributed by atoms with van der Waals surface area (Å²) in [5.74, 6) is 0. The molecule has 1 nitrogen and oxygen atoms in total. The fraction of sp³-hybridized carbons (Fsp3) is 0.760. The Morgan fingerprint density at radius 2 is 1.00 bits per heavy atom. The van der Waals surface area contributed by atoms with E-state index in [4.69, 9.17) is 0 Å². The molecular formula is C25H46N+. The van der Waals surface area contributed by atoms with Gasteiger partial charge in [0.25, 0.3) is 0 Å². The van der Waals surface area contributed by atoms with E-state index in [1.165, 1.54) is 113 Å². The van der Waals surface area contributed by atoms with Crippen LogP contribution in [0, 0.1) is 0 Å². The molecule has 150 valence electrons. The molecule has 0 N–H and O–H groups in total. The molecule has 0 spiro atoms. The Hall–Kier alpha value is -0.820. The van der Waals surface area contributed by atoms with Gasteiger partial charge in [0.15, 0.2) is 0 Å². The van der Waals surface area contributed by atoms with Crippen LogP contribution in [0.2, 0.25) is 0 Å². The summed E-state index contributed by atoms with van der Waals surface area (Å²) in [4.78, 5) is 0. The van der Waals surface area contributed by atoms with Crippen LogP contribution in [0.4, 0.5) is 0 Å². The van der Waals surface area contributed by atoms with Gasteiger partial charge in [0.2, 0.25) is 0 Å². The normalized spacial score (nSPS) is 13.7. The van der Waals surface area contributed by atoms with Gasteiger partial charge in [0.1, 0.15) is 6.54 Å². The number of unbranched alkanes of at least 4 members (excludes halogenated alkanes) is 11. The maximum absolute atomic E-state index is 2.49. The van der Waals surface area contributed by atoms with E-state index in [-0.39, 0.29) is 0 Å². The molecule has 26 heavy (non-hydrogen) atoms. The van der Waals surface area contributed by atoms with E-state index in [1.54, 1.807) is 0 Å². The molecule has 0 aliphatic rings. The standard InChI is InChI=1S/C25H46N/c1-4-6-8-10-11-12-14-19-23-26(3,22-18-13-9-7-5-2)24-25-20-16-15-17-21-25/h15-17,20-21H,4-14,18-19,22-24H2,1-3H3/q+1. The third-order valence-electron chi connectivity index (χ3n) is 5.76. The summed E-state index contributed by atoms with van der Waals surface area (Å²) < 4.78 is 1.23. The van der Waals surface area contributed by atoms with Gasteiger partial charge in [-0.05, 0) is 25.7 Å². The Bertz CT molecular complexity index is 413. The first kappa shape index (κ1) is 23.2. The number of quaternary nitrogens is 1. The van der Waals surface area contributed by atoms with Gasteiger partial charge in [0, 0.05) is 5.56 Å². The molecule has 0 heterocycles. The third-order valence-corrected chi connectivity index (χ3v) is 5.76. The van der Waals surface area contributed by atoms with Crippen molar-refractivity contribution >= 4 is 0 Å². The summed E-state index contributed by atoms with van der Waals surface area (Å²) in [5.41, 5.74) is 1.50. The predicted octanol–water partition coefficient (Wildman–Crippen LogP) is 7.74. The van der Waals surface area contributed by atoms with E-state index in [2.05, 4.69) is 51.2 Å². The lowest BCUT2D eigenvalue weighted by atomic mass is 10.1. The minimum absolute atomic E-state index is 1.20. The van der Waals surface area contributed by atoms with Gasteiger partial charge in [0.05, 0.1) is 20.1 Å². The van der Waals surface area contributed by atoms with Gasteiger partial charge >= 0.3 is 0 Å². The molecule has 0 bridgehead atoms. The molecule has 0 fully saturated rings. The van der Waals surface area contributed by atoms with Crippen LogP contribution in [-0.4, -0.2) is 24.6 Å². The molecule has 0 aliphatic heterocycles. The number of hydrogen-bond acceptors (Lipinski definition) is 0. The highest BCUT2D eigenvalue weighted by Crippen LogP contribution is 2.17. The predicted molar refractivity (Wildman–Crippen MR) is 117 cm³/mol. The van der Waals surface area contributed by atoms with Crippen LogP contribution in [0.1, 0.15) is 103 Å². The Labute approximate surface area is 164 Å². The fourth-order valence-electron chi connectivity index (χ4n) is 4.02. The number of hydrogen-bond donors (Lipinski definition) is 0. The van der Waals surface area contributed by atoms with Crippen LogP contribution in [0.25, 0.3) is 0 Å². The summed E-state index contributed by atoms with van der Waals surface area (Å²) in [6.45, 7) is 8.49. The highest BCUT2D eigenvalue weighted by Gasteiger charge is 2.21. The van der Waals surface area contributed by atoms with Crippen molar-refractivity contribution in [2.24, 2.45) is 0 Å². The lowest BCUT2D eigenvalue weighted by molar-refractivity contribution is -0.923. The Morgan fingerprint density at radius 3 is 1.46 bits per heavy atom. The van der Waals surface area contributed by atoms with E-state index in [0.29, 0.717) is 0 Å². The van der Waals surface area contributed by atoms with Crippen LogP contribution < -0.4 is 0 Å². The van der Waals surface area contributed by atoms with E-state index >= 15 is 0 Å². The topological polar surface area (TPSA) is 0 Å². The minimum atomic E-state index is 1.20. The van der Waals surface area contributed by atoms with Crippen molar-refractivity contribution in [1.82, 2.24) is 0 Å². The van der Waals surface area contributed by atoms with Gasteiger partial charge in [-0.15, -0.1) is 0 Å².